The molecule has 0 aromatic carbocycles. The molecule has 276 valence electrons. The lowest BCUT2D eigenvalue weighted by Gasteiger charge is -2.31. The molecular weight excluding hydrogens is 713 g/mol. The number of azide groups is 2. The van der Waals surface area contributed by atoms with Crippen molar-refractivity contribution in [3.05, 3.63) is 66.3 Å². The predicted molar refractivity (Wildman–Crippen MR) is 196 cm³/mol. The molecule has 3 aliphatic heterocycles. The normalized spacial score (nSPS) is 20.7. The van der Waals surface area contributed by atoms with Gasteiger partial charge in [-0.05, 0) is 53.9 Å². The molecule has 0 atom stereocenters. The van der Waals surface area contributed by atoms with Gasteiger partial charge in [-0.25, -0.2) is 4.58 Å². The number of carbonyl (C=O) groups excluding carboxylic acids is 4. The predicted octanol–water partition coefficient (Wildman–Crippen LogP) is 3.65. The van der Waals surface area contributed by atoms with Crippen molar-refractivity contribution in [1.29, 1.82) is 0 Å². The van der Waals surface area contributed by atoms with Gasteiger partial charge in [0.15, 0.2) is 0 Å². The lowest BCUT2D eigenvalue weighted by atomic mass is 9.96. The maximum atomic E-state index is 13.2. The highest BCUT2D eigenvalue weighted by atomic mass is 32.2. The van der Waals surface area contributed by atoms with Gasteiger partial charge in [0.25, 0.3) is 0 Å². The van der Waals surface area contributed by atoms with E-state index in [4.69, 9.17) is 20.5 Å². The minimum absolute atomic E-state index is 0.00927. The van der Waals surface area contributed by atoms with Crippen LogP contribution in [-0.2, 0) is 28.7 Å². The number of thiophene rings is 1. The molecule has 2 saturated heterocycles. The van der Waals surface area contributed by atoms with Gasteiger partial charge in [0.1, 0.15) is 18.8 Å². The molecule has 19 heteroatoms. The van der Waals surface area contributed by atoms with Crippen molar-refractivity contribution in [2.45, 2.75) is 25.7 Å². The number of nitrogens with one attached hydrogen (secondary N) is 2. The number of piperidine rings is 2. The molecule has 0 radical (unpaired) electrons. The Kier molecular flexibility index (Phi) is 14.3. The number of rotatable bonds is 16. The third-order valence-electron chi connectivity index (χ3n) is 9.05. The Labute approximate surface area is 308 Å². The number of thioether (sulfide) groups is 1. The molecule has 17 nitrogen and oxygen atoms in total. The van der Waals surface area contributed by atoms with Crippen molar-refractivity contribution in [1.82, 2.24) is 10.6 Å². The first kappa shape index (κ1) is 38.6. The highest BCUT2D eigenvalue weighted by Crippen LogP contribution is 2.42. The highest BCUT2D eigenvalue weighted by Gasteiger charge is 2.41. The van der Waals surface area contributed by atoms with Crippen LogP contribution in [0, 0.1) is 11.8 Å². The summed E-state index contributed by atoms with van der Waals surface area (Å²) in [6.07, 6.45) is 6.25. The van der Waals surface area contributed by atoms with E-state index in [1.54, 1.807) is 12.1 Å². The number of carbonyl (C=O) groups is 4. The zero-order chi connectivity index (χ0) is 36.9. The fourth-order valence-electron chi connectivity index (χ4n) is 6.30. The fourth-order valence-corrected chi connectivity index (χ4v) is 8.50. The van der Waals surface area contributed by atoms with Crippen LogP contribution in [0.5, 0.6) is 0 Å². The number of ketones is 2. The standard InChI is InChI=1S/C33H40N10O7S2/c34-40-38-11-19-49-17-9-36-32(47)21-5-13-42(14-6-21)25-3-1-23(51-25)27-29(44)28(31(46)30(27)45)24-2-4-26(52-24)43-15-7-22(8-16-43)33(48)37-10-18-50-20-12-39-41-35/h1-4,21-22H,5-20H2,(H2-,36,37,44,45,46,47,48)/p+1. The van der Waals surface area contributed by atoms with Gasteiger partial charge in [-0.1, -0.05) is 10.2 Å². The van der Waals surface area contributed by atoms with Crippen molar-refractivity contribution in [2.24, 2.45) is 22.1 Å². The third kappa shape index (κ3) is 9.82. The molecule has 3 N–H and O–H groups in total. The van der Waals surface area contributed by atoms with Crippen LogP contribution in [0.4, 0.5) is 5.00 Å². The van der Waals surface area contributed by atoms with Gasteiger partial charge in [0.2, 0.25) is 28.4 Å². The van der Waals surface area contributed by atoms with E-state index < -0.39 is 11.6 Å². The first-order valence-corrected chi connectivity index (χ1v) is 18.8. The van der Waals surface area contributed by atoms with E-state index >= 15 is 0 Å². The summed E-state index contributed by atoms with van der Waals surface area (Å²) < 4.78 is 12.8. The number of allylic oxidation sites excluding steroid dienone is 3. The molecule has 4 heterocycles. The van der Waals surface area contributed by atoms with Crippen LogP contribution in [0.25, 0.3) is 26.5 Å². The molecule has 5 rings (SSSR count). The van der Waals surface area contributed by atoms with E-state index in [1.165, 1.54) is 23.1 Å². The van der Waals surface area contributed by atoms with Gasteiger partial charge < -0.3 is 30.1 Å². The van der Waals surface area contributed by atoms with Crippen LogP contribution < -0.4 is 15.5 Å². The Bertz CT molecular complexity index is 1760. The summed E-state index contributed by atoms with van der Waals surface area (Å²) in [5.41, 5.74) is 16.6. The average molecular weight is 754 g/mol. The Morgan fingerprint density at radius 2 is 1.44 bits per heavy atom. The van der Waals surface area contributed by atoms with Crippen LogP contribution in [0.3, 0.4) is 0 Å². The summed E-state index contributed by atoms with van der Waals surface area (Å²) in [6, 6.07) is 3.62. The van der Waals surface area contributed by atoms with E-state index in [2.05, 4.69) is 40.2 Å². The number of aliphatic hydroxyl groups excluding tert-OH is 1. The SMILES string of the molecule is [N-]=[N+]=NCCOCCNC(=O)C1CCN(c2ccc(C3=C(O)/C(=C4\C=CC(=[N+]5CCC(C(=O)NCCOCCN=[N+]=[N-])CC5)S4)C(=O)C3=O)s2)CC1. The molecule has 0 unspecified atom stereocenters. The van der Waals surface area contributed by atoms with Crippen molar-refractivity contribution in [3.63, 3.8) is 0 Å². The van der Waals surface area contributed by atoms with E-state index in [0.717, 1.165) is 10.0 Å². The maximum Gasteiger partial charge on any atom is 0.239 e. The second-order valence-electron chi connectivity index (χ2n) is 12.3. The van der Waals surface area contributed by atoms with Crippen molar-refractivity contribution in [3.8, 4) is 0 Å². The van der Waals surface area contributed by atoms with Gasteiger partial charge in [0.05, 0.1) is 42.6 Å². The maximum absolute atomic E-state index is 13.2. The molecule has 1 aromatic heterocycles. The van der Waals surface area contributed by atoms with Crippen molar-refractivity contribution in [2.75, 3.05) is 83.7 Å². The smallest absolute Gasteiger partial charge is 0.239 e. The van der Waals surface area contributed by atoms with E-state index in [-0.39, 0.29) is 53.6 Å². The van der Waals surface area contributed by atoms with Crippen LogP contribution in [0.15, 0.2) is 50.8 Å². The minimum atomic E-state index is -0.735. The van der Waals surface area contributed by atoms with Gasteiger partial charge in [-0.2, -0.15) is 0 Å². The summed E-state index contributed by atoms with van der Waals surface area (Å²) in [5.74, 6) is -2.09. The average Bonchev–Trinajstić information content (AvgIpc) is 3.89. The molecular formula is C33H41N10O7S2+. The van der Waals surface area contributed by atoms with Gasteiger partial charge in [-0.15, -0.1) is 11.3 Å². The number of ether oxygens (including phenoxy) is 2. The Morgan fingerprint density at radius 3 is 2.04 bits per heavy atom. The number of aliphatic hydroxyl groups is 1. The molecule has 0 saturated carbocycles. The van der Waals surface area contributed by atoms with Crippen molar-refractivity contribution < 1.29 is 38.3 Å². The van der Waals surface area contributed by atoms with Crippen LogP contribution in [0.2, 0.25) is 0 Å². The molecule has 0 spiro atoms. The first-order chi connectivity index (χ1) is 25.3. The summed E-state index contributed by atoms with van der Waals surface area (Å²) in [4.78, 5) is 60.1. The Hall–Kier alpha value is -4.64. The van der Waals surface area contributed by atoms with E-state index in [9.17, 15) is 24.3 Å². The molecule has 0 bridgehead atoms. The third-order valence-corrected chi connectivity index (χ3v) is 11.4. The van der Waals surface area contributed by atoms with Crippen molar-refractivity contribution >= 4 is 62.1 Å². The number of hydrogen-bond acceptors (Lipinski definition) is 12. The van der Waals surface area contributed by atoms with E-state index in [0.29, 0.717) is 101 Å². The first-order valence-electron chi connectivity index (χ1n) is 17.1. The van der Waals surface area contributed by atoms with Gasteiger partial charge >= 0.3 is 0 Å². The summed E-state index contributed by atoms with van der Waals surface area (Å²) in [7, 11) is 0. The summed E-state index contributed by atoms with van der Waals surface area (Å²) in [6.45, 7) is 5.10. The topological polar surface area (TPSA) is 235 Å². The second-order valence-corrected chi connectivity index (χ2v) is 14.4. The number of Topliss-reactive ketones (excluding diaryl/α,β-unsaturated/α-hetero) is 2. The largest absolute Gasteiger partial charge is 0.506 e. The van der Waals surface area contributed by atoms with Gasteiger partial charge in [-0.3, -0.25) is 19.2 Å². The number of hydrogen-bond donors (Lipinski definition) is 3. The number of amides is 2. The summed E-state index contributed by atoms with van der Waals surface area (Å²) in [5, 5.41) is 25.6. The Morgan fingerprint density at radius 1 is 0.865 bits per heavy atom. The molecule has 2 amide bonds. The number of anilines is 1. The highest BCUT2D eigenvalue weighted by molar-refractivity contribution is 8.18. The lowest BCUT2D eigenvalue weighted by Crippen LogP contribution is -2.41. The molecule has 1 aromatic rings. The molecule has 52 heavy (non-hydrogen) atoms. The van der Waals surface area contributed by atoms with E-state index in [1.807, 2.05) is 12.1 Å². The second kappa shape index (κ2) is 19.3. The molecule has 4 aliphatic rings. The number of nitrogens with zero attached hydrogens (tertiary/aromatic N) is 8. The van der Waals surface area contributed by atoms with Crippen LogP contribution in [0.1, 0.15) is 30.6 Å². The molecule has 1 aliphatic carbocycles. The molecule has 2 fully saturated rings. The van der Waals surface area contributed by atoms with Crippen LogP contribution >= 0.6 is 23.1 Å². The quantitative estimate of drug-likeness (QED) is 0.0424. The van der Waals surface area contributed by atoms with Crippen LogP contribution in [-0.4, -0.2) is 117 Å². The zero-order valence-corrected chi connectivity index (χ0v) is 30.2. The fraction of sp³-hybridized carbons (Fsp3) is 0.545. The summed E-state index contributed by atoms with van der Waals surface area (Å²) >= 11 is 2.67. The lowest BCUT2D eigenvalue weighted by molar-refractivity contribution is -0.536. The minimum Gasteiger partial charge on any atom is -0.506 e. The Balaban J connectivity index is 1.12. The van der Waals surface area contributed by atoms with Gasteiger partial charge in [0, 0.05) is 89.6 Å². The monoisotopic (exact) mass is 753 g/mol. The zero-order valence-electron chi connectivity index (χ0n) is 28.6.